The third-order valence-corrected chi connectivity index (χ3v) is 3.00. The van der Waals surface area contributed by atoms with Crippen LogP contribution in [-0.4, -0.2) is 5.78 Å². The minimum Gasteiger partial charge on any atom is -0.294 e. The lowest BCUT2D eigenvalue weighted by Gasteiger charge is -2.05. The second-order valence-corrected chi connectivity index (χ2v) is 4.62. The van der Waals surface area contributed by atoms with Gasteiger partial charge in [-0.15, -0.1) is 0 Å². The van der Waals surface area contributed by atoms with Crippen LogP contribution in [0.1, 0.15) is 21.5 Å². The molecule has 0 aromatic heterocycles. The van der Waals surface area contributed by atoms with Crippen LogP contribution in [0.15, 0.2) is 42.5 Å². The van der Waals surface area contributed by atoms with Crippen molar-refractivity contribution in [2.45, 2.75) is 13.3 Å². The normalized spacial score (nSPS) is 10.4. The fraction of sp³-hybridized carbons (Fsp3) is 0.133. The van der Waals surface area contributed by atoms with Crippen molar-refractivity contribution in [3.05, 3.63) is 70.0 Å². The van der Waals surface area contributed by atoms with Gasteiger partial charge in [0.1, 0.15) is 5.82 Å². The van der Waals surface area contributed by atoms with Gasteiger partial charge in [0, 0.05) is 17.0 Å². The maximum absolute atomic E-state index is 12.8. The van der Waals surface area contributed by atoms with E-state index in [4.69, 9.17) is 11.6 Å². The van der Waals surface area contributed by atoms with E-state index >= 15 is 0 Å². The summed E-state index contributed by atoms with van der Waals surface area (Å²) in [5.41, 5.74) is 2.31. The lowest BCUT2D eigenvalue weighted by molar-refractivity contribution is 0.0992. The van der Waals surface area contributed by atoms with Gasteiger partial charge in [-0.3, -0.25) is 4.79 Å². The van der Waals surface area contributed by atoms with Crippen LogP contribution in [0, 0.1) is 12.7 Å². The van der Waals surface area contributed by atoms with Gasteiger partial charge in [-0.2, -0.15) is 0 Å². The molecule has 92 valence electrons. The Bertz CT molecular complexity index is 576. The molecule has 0 bridgehead atoms. The Labute approximate surface area is 110 Å². The van der Waals surface area contributed by atoms with E-state index in [0.29, 0.717) is 10.6 Å². The first kappa shape index (κ1) is 12.8. The summed E-state index contributed by atoms with van der Waals surface area (Å²) in [5.74, 6) is -0.287. The van der Waals surface area contributed by atoms with Crippen LogP contribution in [0.3, 0.4) is 0 Å². The van der Waals surface area contributed by atoms with E-state index in [1.807, 2.05) is 6.92 Å². The summed E-state index contributed by atoms with van der Waals surface area (Å²) in [6.45, 7) is 1.85. The molecular weight excluding hydrogens is 251 g/mol. The molecule has 0 aliphatic carbocycles. The highest BCUT2D eigenvalue weighted by molar-refractivity contribution is 6.30. The van der Waals surface area contributed by atoms with Gasteiger partial charge in [0.25, 0.3) is 0 Å². The summed E-state index contributed by atoms with van der Waals surface area (Å²) in [4.78, 5) is 12.1. The van der Waals surface area contributed by atoms with Crippen LogP contribution in [-0.2, 0) is 6.42 Å². The Morgan fingerprint density at radius 1 is 1.17 bits per heavy atom. The van der Waals surface area contributed by atoms with Gasteiger partial charge >= 0.3 is 0 Å². The van der Waals surface area contributed by atoms with Gasteiger partial charge in [-0.25, -0.2) is 4.39 Å². The van der Waals surface area contributed by atoms with Crippen molar-refractivity contribution >= 4 is 17.4 Å². The predicted octanol–water partition coefficient (Wildman–Crippen LogP) is 4.21. The van der Waals surface area contributed by atoms with Gasteiger partial charge < -0.3 is 0 Å². The first-order chi connectivity index (χ1) is 8.56. The fourth-order valence-electron chi connectivity index (χ4n) is 1.82. The number of hydrogen-bond acceptors (Lipinski definition) is 1. The van der Waals surface area contributed by atoms with Crippen molar-refractivity contribution in [1.29, 1.82) is 0 Å². The number of benzene rings is 2. The van der Waals surface area contributed by atoms with Crippen molar-refractivity contribution in [1.82, 2.24) is 0 Å². The van der Waals surface area contributed by atoms with E-state index in [0.717, 1.165) is 11.1 Å². The minimum atomic E-state index is -0.297. The minimum absolute atomic E-state index is 0.00998. The number of hydrogen-bond donors (Lipinski definition) is 0. The van der Waals surface area contributed by atoms with Gasteiger partial charge in [0.15, 0.2) is 5.78 Å². The van der Waals surface area contributed by atoms with Crippen molar-refractivity contribution in [2.75, 3.05) is 0 Å². The smallest absolute Gasteiger partial charge is 0.167 e. The average Bonchev–Trinajstić information content (AvgIpc) is 2.32. The lowest BCUT2D eigenvalue weighted by atomic mass is 9.99. The molecule has 0 fully saturated rings. The van der Waals surface area contributed by atoms with E-state index < -0.39 is 0 Å². The molecule has 0 radical (unpaired) electrons. The van der Waals surface area contributed by atoms with Crippen LogP contribution in [0.25, 0.3) is 0 Å². The van der Waals surface area contributed by atoms with E-state index in [2.05, 4.69) is 0 Å². The summed E-state index contributed by atoms with van der Waals surface area (Å²) in [6.07, 6.45) is 0.267. The van der Waals surface area contributed by atoms with Crippen LogP contribution >= 0.6 is 11.6 Å². The Morgan fingerprint density at radius 2 is 1.83 bits per heavy atom. The molecule has 2 aromatic rings. The second kappa shape index (κ2) is 5.32. The summed E-state index contributed by atoms with van der Waals surface area (Å²) >= 11 is 5.85. The Kier molecular flexibility index (Phi) is 3.78. The van der Waals surface area contributed by atoms with Gasteiger partial charge in [-0.1, -0.05) is 23.7 Å². The zero-order chi connectivity index (χ0) is 13.1. The molecule has 0 saturated carbocycles. The molecule has 0 saturated heterocycles. The summed E-state index contributed by atoms with van der Waals surface area (Å²) in [5, 5.41) is 0.617. The summed E-state index contributed by atoms with van der Waals surface area (Å²) in [6, 6.07) is 11.2. The highest BCUT2D eigenvalue weighted by atomic mass is 35.5. The zero-order valence-corrected chi connectivity index (χ0v) is 10.7. The van der Waals surface area contributed by atoms with Gasteiger partial charge in [0.05, 0.1) is 0 Å². The zero-order valence-electron chi connectivity index (χ0n) is 9.91. The SMILES string of the molecule is Cc1cc(Cl)ccc1C(=O)Cc1ccc(F)cc1. The lowest BCUT2D eigenvalue weighted by Crippen LogP contribution is -2.05. The number of aryl methyl sites for hydroxylation is 1. The maximum Gasteiger partial charge on any atom is 0.167 e. The quantitative estimate of drug-likeness (QED) is 0.757. The first-order valence-corrected chi connectivity index (χ1v) is 5.98. The molecule has 0 spiro atoms. The van der Waals surface area contributed by atoms with Crippen molar-refractivity contribution in [3.63, 3.8) is 0 Å². The molecular formula is C15H12ClFO. The largest absolute Gasteiger partial charge is 0.294 e. The Morgan fingerprint density at radius 3 is 2.44 bits per heavy atom. The Hall–Kier alpha value is -1.67. The highest BCUT2D eigenvalue weighted by Crippen LogP contribution is 2.17. The number of Topliss-reactive ketones (excluding diaryl/α,β-unsaturated/α-hetero) is 1. The van der Waals surface area contributed by atoms with E-state index in [-0.39, 0.29) is 18.0 Å². The molecule has 0 unspecified atom stereocenters. The molecule has 3 heteroatoms. The molecule has 1 nitrogen and oxygen atoms in total. The third-order valence-electron chi connectivity index (χ3n) is 2.77. The standard InChI is InChI=1S/C15H12ClFO/c1-10-8-12(16)4-7-14(10)15(18)9-11-2-5-13(17)6-3-11/h2-8H,9H2,1H3. The second-order valence-electron chi connectivity index (χ2n) is 4.19. The van der Waals surface area contributed by atoms with Crippen molar-refractivity contribution < 1.29 is 9.18 Å². The fourth-order valence-corrected chi connectivity index (χ4v) is 2.05. The predicted molar refractivity (Wildman–Crippen MR) is 70.6 cm³/mol. The van der Waals surface area contributed by atoms with Crippen LogP contribution in [0.5, 0.6) is 0 Å². The third kappa shape index (κ3) is 2.96. The summed E-state index contributed by atoms with van der Waals surface area (Å²) < 4.78 is 12.8. The van der Waals surface area contributed by atoms with Crippen LogP contribution < -0.4 is 0 Å². The molecule has 0 amide bonds. The number of halogens is 2. The molecule has 0 aliphatic rings. The molecule has 18 heavy (non-hydrogen) atoms. The topological polar surface area (TPSA) is 17.1 Å². The molecule has 0 atom stereocenters. The Balaban J connectivity index is 2.19. The van der Waals surface area contributed by atoms with Gasteiger partial charge in [0.2, 0.25) is 0 Å². The van der Waals surface area contributed by atoms with E-state index in [1.165, 1.54) is 12.1 Å². The number of ketones is 1. The molecule has 0 aliphatic heterocycles. The number of rotatable bonds is 3. The molecule has 2 rings (SSSR count). The van der Waals surface area contributed by atoms with E-state index in [9.17, 15) is 9.18 Å². The number of carbonyl (C=O) groups excluding carboxylic acids is 1. The number of carbonyl (C=O) groups is 1. The van der Waals surface area contributed by atoms with Gasteiger partial charge in [-0.05, 0) is 48.4 Å². The van der Waals surface area contributed by atoms with Crippen LogP contribution in [0.4, 0.5) is 4.39 Å². The monoisotopic (exact) mass is 262 g/mol. The van der Waals surface area contributed by atoms with Crippen LogP contribution in [0.2, 0.25) is 5.02 Å². The summed E-state index contributed by atoms with van der Waals surface area (Å²) in [7, 11) is 0. The van der Waals surface area contributed by atoms with E-state index in [1.54, 1.807) is 30.3 Å². The molecule has 0 heterocycles. The average molecular weight is 263 g/mol. The van der Waals surface area contributed by atoms with Crippen molar-refractivity contribution in [2.24, 2.45) is 0 Å². The highest BCUT2D eigenvalue weighted by Gasteiger charge is 2.10. The first-order valence-electron chi connectivity index (χ1n) is 5.60. The molecule has 0 N–H and O–H groups in total. The maximum atomic E-state index is 12.8. The molecule has 2 aromatic carbocycles. The van der Waals surface area contributed by atoms with Crippen molar-refractivity contribution in [3.8, 4) is 0 Å².